The summed E-state index contributed by atoms with van der Waals surface area (Å²) < 4.78 is 10.5. The number of benzene rings is 2. The number of aliphatic carboxylic acids is 1. The maximum Gasteiger partial charge on any atom is 0.341 e. The van der Waals surface area contributed by atoms with Crippen LogP contribution in [0.15, 0.2) is 48.5 Å². The van der Waals surface area contributed by atoms with Crippen LogP contribution in [0.5, 0.6) is 11.5 Å². The van der Waals surface area contributed by atoms with E-state index in [4.69, 9.17) is 14.6 Å². The van der Waals surface area contributed by atoms with E-state index in [1.807, 2.05) is 6.92 Å². The average Bonchev–Trinajstić information content (AvgIpc) is 2.69. The molecule has 146 valence electrons. The van der Waals surface area contributed by atoms with Crippen molar-refractivity contribution in [2.45, 2.75) is 13.0 Å². The Bertz CT molecular complexity index is 881. The van der Waals surface area contributed by atoms with Gasteiger partial charge >= 0.3 is 5.97 Å². The molecule has 0 fully saturated rings. The molecular formula is C20H20N2O6. The van der Waals surface area contributed by atoms with Crippen molar-refractivity contribution in [3.05, 3.63) is 54.1 Å². The second-order valence-electron chi connectivity index (χ2n) is 6.28. The Balaban J connectivity index is 1.60. The summed E-state index contributed by atoms with van der Waals surface area (Å²) >= 11 is 0. The molecule has 2 aromatic carbocycles. The highest BCUT2D eigenvalue weighted by Crippen LogP contribution is 2.31. The van der Waals surface area contributed by atoms with Gasteiger partial charge in [-0.1, -0.05) is 24.3 Å². The molecule has 0 bridgehead atoms. The number of carbonyl (C=O) groups is 3. The van der Waals surface area contributed by atoms with Gasteiger partial charge in [-0.15, -0.1) is 0 Å². The second-order valence-corrected chi connectivity index (χ2v) is 6.28. The van der Waals surface area contributed by atoms with E-state index in [1.165, 1.54) is 4.90 Å². The van der Waals surface area contributed by atoms with E-state index in [0.717, 1.165) is 5.56 Å². The lowest BCUT2D eigenvalue weighted by atomic mass is 10.1. The van der Waals surface area contributed by atoms with E-state index in [0.29, 0.717) is 17.2 Å². The Morgan fingerprint density at radius 2 is 1.93 bits per heavy atom. The number of nitrogens with zero attached hydrogens (tertiary/aromatic N) is 1. The maximum atomic E-state index is 12.5. The minimum absolute atomic E-state index is 0.0996. The lowest BCUT2D eigenvalue weighted by Gasteiger charge is -2.29. The first kappa shape index (κ1) is 19.2. The van der Waals surface area contributed by atoms with Crippen LogP contribution >= 0.6 is 0 Å². The Kier molecular flexibility index (Phi) is 5.78. The number of ether oxygens (including phenoxy) is 2. The molecular weight excluding hydrogens is 364 g/mol. The highest BCUT2D eigenvalue weighted by Gasteiger charge is 2.27. The van der Waals surface area contributed by atoms with Crippen molar-refractivity contribution in [3.8, 4) is 11.5 Å². The number of nitrogens with one attached hydrogen (secondary N) is 1. The predicted molar refractivity (Wildman–Crippen MR) is 100 cm³/mol. The van der Waals surface area contributed by atoms with Gasteiger partial charge in [0.1, 0.15) is 18.0 Å². The van der Waals surface area contributed by atoms with E-state index in [9.17, 15) is 14.4 Å². The fourth-order valence-electron chi connectivity index (χ4n) is 2.84. The van der Waals surface area contributed by atoms with Crippen LogP contribution in [-0.4, -0.2) is 42.6 Å². The van der Waals surface area contributed by atoms with Crippen molar-refractivity contribution in [2.24, 2.45) is 0 Å². The Labute approximate surface area is 161 Å². The fourth-order valence-corrected chi connectivity index (χ4v) is 2.84. The van der Waals surface area contributed by atoms with Gasteiger partial charge in [0.2, 0.25) is 5.91 Å². The molecule has 1 heterocycles. The number of anilines is 1. The van der Waals surface area contributed by atoms with Crippen molar-refractivity contribution in [2.75, 3.05) is 24.7 Å². The number of fused-ring (bicyclic) bond motifs is 1. The molecule has 0 radical (unpaired) electrons. The molecule has 0 saturated heterocycles. The molecule has 8 nitrogen and oxygen atoms in total. The molecule has 0 unspecified atom stereocenters. The van der Waals surface area contributed by atoms with Gasteiger partial charge in [-0.25, -0.2) is 4.79 Å². The number of carboxylic acid groups (broad SMARTS) is 1. The van der Waals surface area contributed by atoms with Gasteiger partial charge < -0.3 is 19.9 Å². The number of carbonyl (C=O) groups excluding carboxylic acids is 2. The summed E-state index contributed by atoms with van der Waals surface area (Å²) in [5.41, 5.74) is 1.39. The standard InChI is InChI=1S/C20H20N2O6/c1-13(14-6-8-15(9-7-14)27-12-20(25)26)21-18(23)10-22-16-4-2-3-5-17(16)28-11-19(22)24/h2-9,13H,10-12H2,1H3,(H,21,23)(H,25,26)/t13-/m1/s1. The molecule has 0 aliphatic carbocycles. The second kappa shape index (κ2) is 8.43. The molecule has 28 heavy (non-hydrogen) atoms. The largest absolute Gasteiger partial charge is 0.482 e. The summed E-state index contributed by atoms with van der Waals surface area (Å²) in [6.45, 7) is 1.20. The molecule has 1 aliphatic rings. The SMILES string of the molecule is C[C@@H](NC(=O)CN1C(=O)COc2ccccc21)c1ccc(OCC(=O)O)cc1. The van der Waals surface area contributed by atoms with Crippen LogP contribution in [0.1, 0.15) is 18.5 Å². The van der Waals surface area contributed by atoms with E-state index >= 15 is 0 Å². The highest BCUT2D eigenvalue weighted by molar-refractivity contribution is 6.02. The fraction of sp³-hybridized carbons (Fsp3) is 0.250. The monoisotopic (exact) mass is 384 g/mol. The Morgan fingerprint density at radius 3 is 2.64 bits per heavy atom. The minimum atomic E-state index is -1.05. The lowest BCUT2D eigenvalue weighted by Crippen LogP contribution is -2.45. The number of rotatable bonds is 7. The third-order valence-corrected chi connectivity index (χ3v) is 4.23. The molecule has 2 aromatic rings. The van der Waals surface area contributed by atoms with Gasteiger partial charge in [-0.3, -0.25) is 14.5 Å². The number of carboxylic acids is 1. The van der Waals surface area contributed by atoms with Gasteiger partial charge in [0.05, 0.1) is 11.7 Å². The van der Waals surface area contributed by atoms with Crippen LogP contribution in [0.25, 0.3) is 0 Å². The van der Waals surface area contributed by atoms with E-state index < -0.39 is 12.6 Å². The zero-order valence-electron chi connectivity index (χ0n) is 15.3. The maximum absolute atomic E-state index is 12.5. The van der Waals surface area contributed by atoms with Gasteiger partial charge in [0.25, 0.3) is 5.91 Å². The quantitative estimate of drug-likeness (QED) is 0.754. The number of amides is 2. The lowest BCUT2D eigenvalue weighted by molar-refractivity contribution is -0.139. The van der Waals surface area contributed by atoms with Crippen LogP contribution in [0.4, 0.5) is 5.69 Å². The van der Waals surface area contributed by atoms with Crippen LogP contribution in [0.2, 0.25) is 0 Å². The predicted octanol–water partition coefficient (Wildman–Crippen LogP) is 1.75. The topological polar surface area (TPSA) is 105 Å². The van der Waals surface area contributed by atoms with Crippen molar-refractivity contribution < 1.29 is 29.0 Å². The summed E-state index contributed by atoms with van der Waals surface area (Å²) in [5.74, 6) is -0.630. The Morgan fingerprint density at radius 1 is 1.21 bits per heavy atom. The molecule has 0 saturated carbocycles. The van der Waals surface area contributed by atoms with Gasteiger partial charge in [0, 0.05) is 0 Å². The molecule has 8 heteroatoms. The first-order chi connectivity index (χ1) is 13.4. The third-order valence-electron chi connectivity index (χ3n) is 4.23. The highest BCUT2D eigenvalue weighted by atomic mass is 16.5. The molecule has 2 N–H and O–H groups in total. The van der Waals surface area contributed by atoms with Crippen LogP contribution in [0, 0.1) is 0 Å². The molecule has 0 aromatic heterocycles. The van der Waals surface area contributed by atoms with Gasteiger partial charge in [-0.05, 0) is 36.8 Å². The average molecular weight is 384 g/mol. The first-order valence-corrected chi connectivity index (χ1v) is 8.70. The molecule has 0 spiro atoms. The molecule has 1 atom stereocenters. The summed E-state index contributed by atoms with van der Waals surface area (Å²) in [6, 6.07) is 13.6. The minimum Gasteiger partial charge on any atom is -0.482 e. The van der Waals surface area contributed by atoms with Crippen molar-refractivity contribution in [1.82, 2.24) is 5.32 Å². The zero-order valence-corrected chi connectivity index (χ0v) is 15.3. The Hall–Kier alpha value is -3.55. The van der Waals surface area contributed by atoms with E-state index in [1.54, 1.807) is 48.5 Å². The molecule has 3 rings (SSSR count). The van der Waals surface area contributed by atoms with Crippen LogP contribution < -0.4 is 19.7 Å². The summed E-state index contributed by atoms with van der Waals surface area (Å²) in [5, 5.41) is 11.5. The van der Waals surface area contributed by atoms with Crippen LogP contribution in [0.3, 0.4) is 0 Å². The van der Waals surface area contributed by atoms with Crippen LogP contribution in [-0.2, 0) is 14.4 Å². The third kappa shape index (κ3) is 4.59. The van der Waals surface area contributed by atoms with E-state index in [-0.39, 0.29) is 31.0 Å². The number of hydrogen-bond donors (Lipinski definition) is 2. The first-order valence-electron chi connectivity index (χ1n) is 8.70. The van der Waals surface area contributed by atoms with E-state index in [2.05, 4.69) is 5.32 Å². The normalized spacial score (nSPS) is 13.9. The number of hydrogen-bond acceptors (Lipinski definition) is 5. The van der Waals surface area contributed by atoms with Crippen molar-refractivity contribution >= 4 is 23.5 Å². The van der Waals surface area contributed by atoms with Crippen molar-refractivity contribution in [1.29, 1.82) is 0 Å². The van der Waals surface area contributed by atoms with Crippen molar-refractivity contribution in [3.63, 3.8) is 0 Å². The summed E-state index contributed by atoms with van der Waals surface area (Å²) in [4.78, 5) is 36.6. The zero-order chi connectivity index (χ0) is 20.1. The van der Waals surface area contributed by atoms with Gasteiger partial charge in [0.15, 0.2) is 13.2 Å². The smallest absolute Gasteiger partial charge is 0.341 e. The van der Waals surface area contributed by atoms with Gasteiger partial charge in [-0.2, -0.15) is 0 Å². The molecule has 1 aliphatic heterocycles. The molecule has 2 amide bonds. The summed E-state index contributed by atoms with van der Waals surface area (Å²) in [7, 11) is 0. The summed E-state index contributed by atoms with van der Waals surface area (Å²) in [6.07, 6.45) is 0. The number of para-hydroxylation sites is 2.